The maximum atomic E-state index is 5.22. The molecule has 1 aliphatic rings. The minimum atomic E-state index is 0.364. The maximum Gasteiger partial charge on any atom is 0.231 e. The van der Waals surface area contributed by atoms with Crippen LogP contribution in [-0.2, 0) is 12.8 Å². The number of hydrogen-bond acceptors (Lipinski definition) is 2. The van der Waals surface area contributed by atoms with Crippen molar-refractivity contribution in [3.05, 3.63) is 59.7 Å². The van der Waals surface area contributed by atoms with E-state index in [9.17, 15) is 0 Å². The number of aryl methyl sites for hydroxylation is 2. The molecule has 0 saturated heterocycles. The molecule has 2 aromatic carbocycles. The Bertz CT molecular complexity index is 507. The number of benzene rings is 2. The van der Waals surface area contributed by atoms with E-state index >= 15 is 0 Å². The Kier molecular flexibility index (Phi) is 12.5. The first kappa shape index (κ1) is 21.0. The smallest absolute Gasteiger partial charge is 0.231 e. The number of ether oxygens (including phenoxy) is 2. The average Bonchev–Trinajstić information content (AvgIpc) is 3.14. The Morgan fingerprint density at radius 1 is 0.696 bits per heavy atom. The van der Waals surface area contributed by atoms with Crippen LogP contribution in [0.25, 0.3) is 0 Å². The zero-order valence-corrected chi connectivity index (χ0v) is 15.6. The maximum absolute atomic E-state index is 5.22. The predicted octanol–water partition coefficient (Wildman–Crippen LogP) is 6.28. The van der Waals surface area contributed by atoms with Crippen molar-refractivity contribution in [3.8, 4) is 11.5 Å². The molecule has 1 aliphatic heterocycles. The second-order valence-electron chi connectivity index (χ2n) is 4.38. The fourth-order valence-corrected chi connectivity index (χ4v) is 1.87. The summed E-state index contributed by atoms with van der Waals surface area (Å²) in [6.45, 7) is 12.6. The zero-order valence-electron chi connectivity index (χ0n) is 15.6. The molecular formula is C21H32O2. The lowest BCUT2D eigenvalue weighted by Gasteiger charge is -1.97. The van der Waals surface area contributed by atoms with Gasteiger partial charge >= 0.3 is 0 Å². The van der Waals surface area contributed by atoms with Gasteiger partial charge in [0.1, 0.15) is 0 Å². The molecule has 2 heteroatoms. The number of hydrogen-bond donors (Lipinski definition) is 0. The van der Waals surface area contributed by atoms with Crippen LogP contribution in [0.2, 0.25) is 0 Å². The first-order chi connectivity index (χ1) is 11.3. The molecule has 0 aliphatic carbocycles. The first-order valence-electron chi connectivity index (χ1n) is 8.76. The fourth-order valence-electron chi connectivity index (χ4n) is 1.87. The summed E-state index contributed by atoms with van der Waals surface area (Å²) < 4.78 is 10.4. The third kappa shape index (κ3) is 7.73. The van der Waals surface area contributed by atoms with Gasteiger partial charge in [-0.3, -0.25) is 0 Å². The normalized spacial score (nSPS) is 10.2. The molecule has 0 bridgehead atoms. The second kappa shape index (κ2) is 13.7. The lowest BCUT2D eigenvalue weighted by molar-refractivity contribution is 0.174. The van der Waals surface area contributed by atoms with Gasteiger partial charge in [-0.1, -0.05) is 77.9 Å². The van der Waals surface area contributed by atoms with Gasteiger partial charge in [-0.2, -0.15) is 0 Å². The zero-order chi connectivity index (χ0) is 17.5. The van der Waals surface area contributed by atoms with E-state index in [0.717, 1.165) is 24.3 Å². The molecule has 0 fully saturated rings. The molecule has 3 rings (SSSR count). The van der Waals surface area contributed by atoms with Crippen molar-refractivity contribution >= 4 is 0 Å². The molecular weight excluding hydrogens is 284 g/mol. The highest BCUT2D eigenvalue weighted by molar-refractivity contribution is 5.44. The summed E-state index contributed by atoms with van der Waals surface area (Å²) in [7, 11) is 0. The van der Waals surface area contributed by atoms with Crippen molar-refractivity contribution in [1.82, 2.24) is 0 Å². The van der Waals surface area contributed by atoms with Crippen LogP contribution in [0.4, 0.5) is 0 Å². The predicted molar refractivity (Wildman–Crippen MR) is 100 cm³/mol. The average molecular weight is 316 g/mol. The Labute approximate surface area is 142 Å². The van der Waals surface area contributed by atoms with Crippen molar-refractivity contribution < 1.29 is 9.47 Å². The van der Waals surface area contributed by atoms with Crippen molar-refractivity contribution in [2.75, 3.05) is 6.79 Å². The molecule has 2 aromatic rings. The van der Waals surface area contributed by atoms with Crippen LogP contribution in [0.15, 0.2) is 48.5 Å². The summed E-state index contributed by atoms with van der Waals surface area (Å²) in [6.07, 6.45) is 2.18. The van der Waals surface area contributed by atoms with Crippen molar-refractivity contribution in [2.45, 2.75) is 54.4 Å². The highest BCUT2D eigenvalue weighted by atomic mass is 16.7. The van der Waals surface area contributed by atoms with Crippen LogP contribution < -0.4 is 9.47 Å². The third-order valence-corrected chi connectivity index (χ3v) is 3.10. The van der Waals surface area contributed by atoms with Crippen LogP contribution in [-0.4, -0.2) is 6.79 Å². The summed E-state index contributed by atoms with van der Waals surface area (Å²) in [6, 6.07) is 16.5. The molecule has 2 nitrogen and oxygen atoms in total. The van der Waals surface area contributed by atoms with Crippen molar-refractivity contribution in [1.29, 1.82) is 0 Å². The van der Waals surface area contributed by atoms with Gasteiger partial charge in [0.15, 0.2) is 11.5 Å². The van der Waals surface area contributed by atoms with Crippen LogP contribution in [0.5, 0.6) is 11.5 Å². The molecule has 0 radical (unpaired) electrons. The lowest BCUT2D eigenvalue weighted by atomic mass is 10.1. The van der Waals surface area contributed by atoms with E-state index in [0.29, 0.717) is 6.79 Å². The van der Waals surface area contributed by atoms with E-state index in [-0.39, 0.29) is 0 Å². The summed E-state index contributed by atoms with van der Waals surface area (Å²) >= 11 is 0. The molecule has 128 valence electrons. The molecule has 0 saturated carbocycles. The summed E-state index contributed by atoms with van der Waals surface area (Å²) in [5, 5.41) is 0. The van der Waals surface area contributed by atoms with Crippen LogP contribution in [0.3, 0.4) is 0 Å². The first-order valence-corrected chi connectivity index (χ1v) is 8.76. The minimum Gasteiger partial charge on any atom is -0.454 e. The van der Waals surface area contributed by atoms with Crippen LogP contribution in [0.1, 0.15) is 52.7 Å². The largest absolute Gasteiger partial charge is 0.454 e. The van der Waals surface area contributed by atoms with E-state index in [1.54, 1.807) is 0 Å². The topological polar surface area (TPSA) is 18.5 Å². The molecule has 0 unspecified atom stereocenters. The second-order valence-corrected chi connectivity index (χ2v) is 4.38. The number of fused-ring (bicyclic) bond motifs is 1. The van der Waals surface area contributed by atoms with Crippen LogP contribution in [0, 0.1) is 0 Å². The highest BCUT2D eigenvalue weighted by Gasteiger charge is 2.11. The quantitative estimate of drug-likeness (QED) is 0.649. The summed E-state index contributed by atoms with van der Waals surface area (Å²) in [5.41, 5.74) is 2.70. The lowest BCUT2D eigenvalue weighted by Crippen LogP contribution is -1.92. The molecule has 0 aromatic heterocycles. The van der Waals surface area contributed by atoms with Gasteiger partial charge in [-0.25, -0.2) is 0 Å². The van der Waals surface area contributed by atoms with Gasteiger partial charge in [-0.15, -0.1) is 0 Å². The Morgan fingerprint density at radius 3 is 1.78 bits per heavy atom. The molecule has 0 amide bonds. The van der Waals surface area contributed by atoms with Crippen molar-refractivity contribution in [2.24, 2.45) is 0 Å². The van der Waals surface area contributed by atoms with Gasteiger partial charge in [-0.05, 0) is 36.1 Å². The van der Waals surface area contributed by atoms with Gasteiger partial charge in [0, 0.05) is 0 Å². The molecule has 1 heterocycles. The third-order valence-electron chi connectivity index (χ3n) is 3.10. The Hall–Kier alpha value is -1.96. The van der Waals surface area contributed by atoms with Crippen molar-refractivity contribution in [3.63, 3.8) is 0 Å². The SMILES string of the molecule is CC.CC.CCc1ccc2c(c1)OCO2.CCc1ccccc1. The van der Waals surface area contributed by atoms with E-state index in [1.165, 1.54) is 11.1 Å². The van der Waals surface area contributed by atoms with E-state index in [4.69, 9.17) is 9.47 Å². The van der Waals surface area contributed by atoms with E-state index in [2.05, 4.69) is 44.2 Å². The van der Waals surface area contributed by atoms with E-state index < -0.39 is 0 Å². The highest BCUT2D eigenvalue weighted by Crippen LogP contribution is 2.32. The standard InChI is InChI=1S/C9H10O2.C8H10.2C2H6/c1-2-7-3-4-8-9(5-7)11-6-10-8;1-2-8-6-4-3-5-7-8;2*1-2/h3-5H,2,6H2,1H3;3-7H,2H2,1H3;2*1-2H3. The minimum absolute atomic E-state index is 0.364. The van der Waals surface area contributed by atoms with E-state index in [1.807, 2.05) is 45.9 Å². The Balaban J connectivity index is 0.000000358. The Morgan fingerprint density at radius 2 is 1.26 bits per heavy atom. The summed E-state index contributed by atoms with van der Waals surface area (Å²) in [5.74, 6) is 1.74. The van der Waals surface area contributed by atoms with Gasteiger partial charge in [0.05, 0.1) is 0 Å². The summed E-state index contributed by atoms with van der Waals surface area (Å²) in [4.78, 5) is 0. The number of rotatable bonds is 2. The molecule has 23 heavy (non-hydrogen) atoms. The van der Waals surface area contributed by atoms with Gasteiger partial charge in [0.2, 0.25) is 6.79 Å². The fraction of sp³-hybridized carbons (Fsp3) is 0.429. The monoisotopic (exact) mass is 316 g/mol. The molecule has 0 N–H and O–H groups in total. The molecule has 0 atom stereocenters. The van der Waals surface area contributed by atoms with Gasteiger partial charge in [0.25, 0.3) is 0 Å². The van der Waals surface area contributed by atoms with Gasteiger partial charge < -0.3 is 9.47 Å². The van der Waals surface area contributed by atoms with Crippen LogP contribution >= 0.6 is 0 Å². The molecule has 0 spiro atoms.